The molecule has 0 aliphatic carbocycles. The van der Waals surface area contributed by atoms with Crippen molar-refractivity contribution in [2.45, 2.75) is 13.3 Å². The van der Waals surface area contributed by atoms with Crippen LogP contribution in [0.3, 0.4) is 0 Å². The molecule has 0 unspecified atom stereocenters. The summed E-state index contributed by atoms with van der Waals surface area (Å²) in [6.07, 6.45) is 4.77. The van der Waals surface area contributed by atoms with Gasteiger partial charge in [-0.05, 0) is 13.3 Å². The van der Waals surface area contributed by atoms with Crippen LogP contribution in [0.1, 0.15) is 13.3 Å². The van der Waals surface area contributed by atoms with E-state index in [0.717, 1.165) is 32.2 Å². The molecule has 1 rings (SSSR count). The third kappa shape index (κ3) is 2.40. The van der Waals surface area contributed by atoms with E-state index in [4.69, 9.17) is 9.47 Å². The molecule has 0 spiro atoms. The molecule has 2 nitrogen and oxygen atoms in total. The number of rotatable bonds is 4. The van der Waals surface area contributed by atoms with Gasteiger partial charge in [-0.3, -0.25) is 0 Å². The van der Waals surface area contributed by atoms with Gasteiger partial charge in [0.2, 0.25) is 0 Å². The van der Waals surface area contributed by atoms with Crippen molar-refractivity contribution in [2.75, 3.05) is 19.8 Å². The van der Waals surface area contributed by atoms with Crippen LogP contribution in [0.25, 0.3) is 0 Å². The first kappa shape index (κ1) is 7.61. The molecular formula is C8H14O2. The second-order valence-corrected chi connectivity index (χ2v) is 2.53. The maximum absolute atomic E-state index is 5.15. The third-order valence-corrected chi connectivity index (χ3v) is 1.58. The molecular weight excluding hydrogens is 128 g/mol. The van der Waals surface area contributed by atoms with E-state index >= 15 is 0 Å². The van der Waals surface area contributed by atoms with Gasteiger partial charge in [0.25, 0.3) is 0 Å². The predicted molar refractivity (Wildman–Crippen MR) is 39.7 cm³/mol. The zero-order valence-electron chi connectivity index (χ0n) is 6.38. The predicted octanol–water partition coefficient (Wildman–Crippen LogP) is 1.57. The Bertz CT molecular complexity index is 106. The van der Waals surface area contributed by atoms with Crippen LogP contribution < -0.4 is 0 Å². The zero-order chi connectivity index (χ0) is 7.23. The molecule has 0 bridgehead atoms. The van der Waals surface area contributed by atoms with Crippen LogP contribution in [0.2, 0.25) is 0 Å². The molecule has 1 fully saturated rings. The zero-order valence-corrected chi connectivity index (χ0v) is 6.38. The van der Waals surface area contributed by atoms with Crippen LogP contribution in [0.15, 0.2) is 12.3 Å². The van der Waals surface area contributed by atoms with E-state index in [2.05, 4.69) is 0 Å². The Morgan fingerprint density at radius 3 is 2.90 bits per heavy atom. The molecule has 0 N–H and O–H groups in total. The molecule has 1 heterocycles. The first-order valence-electron chi connectivity index (χ1n) is 3.74. The molecule has 0 atom stereocenters. The number of allylic oxidation sites excluding steroid dienone is 1. The largest absolute Gasteiger partial charge is 0.502 e. The first-order chi connectivity index (χ1) is 4.93. The van der Waals surface area contributed by atoms with E-state index in [1.165, 1.54) is 0 Å². The van der Waals surface area contributed by atoms with Gasteiger partial charge in [-0.15, -0.1) is 0 Å². The summed E-state index contributed by atoms with van der Waals surface area (Å²) >= 11 is 0. The van der Waals surface area contributed by atoms with E-state index in [0.29, 0.717) is 0 Å². The van der Waals surface area contributed by atoms with Gasteiger partial charge in [0.05, 0.1) is 26.1 Å². The molecule has 0 aromatic heterocycles. The van der Waals surface area contributed by atoms with Gasteiger partial charge in [-0.25, -0.2) is 0 Å². The van der Waals surface area contributed by atoms with Crippen molar-refractivity contribution in [1.29, 1.82) is 0 Å². The number of hydrogen-bond acceptors (Lipinski definition) is 2. The summed E-state index contributed by atoms with van der Waals surface area (Å²) in [5.74, 6) is 0.755. The lowest BCUT2D eigenvalue weighted by Gasteiger charge is -2.25. The molecule has 0 amide bonds. The molecule has 0 aromatic carbocycles. The average molecular weight is 142 g/mol. The number of ether oxygens (including phenoxy) is 2. The van der Waals surface area contributed by atoms with Crippen LogP contribution in [-0.2, 0) is 9.47 Å². The second kappa shape index (κ2) is 4.34. The molecule has 10 heavy (non-hydrogen) atoms. The quantitative estimate of drug-likeness (QED) is 0.438. The molecule has 58 valence electrons. The van der Waals surface area contributed by atoms with Crippen LogP contribution in [0.5, 0.6) is 0 Å². The van der Waals surface area contributed by atoms with E-state index < -0.39 is 0 Å². The molecule has 0 radical (unpaired) electrons. The van der Waals surface area contributed by atoms with Crippen LogP contribution in [0.4, 0.5) is 0 Å². The minimum atomic E-state index is 0.755. The van der Waals surface area contributed by atoms with Crippen molar-refractivity contribution in [1.82, 2.24) is 0 Å². The fourth-order valence-corrected chi connectivity index (χ4v) is 0.850. The Hall–Kier alpha value is -0.500. The first-order valence-corrected chi connectivity index (χ1v) is 3.74. The fourth-order valence-electron chi connectivity index (χ4n) is 0.850. The van der Waals surface area contributed by atoms with Gasteiger partial charge >= 0.3 is 0 Å². The molecule has 1 aliphatic heterocycles. The molecule has 1 saturated heterocycles. The van der Waals surface area contributed by atoms with E-state index in [-0.39, 0.29) is 0 Å². The van der Waals surface area contributed by atoms with E-state index in [1.54, 1.807) is 6.26 Å². The molecule has 1 aliphatic rings. The highest BCUT2D eigenvalue weighted by Crippen LogP contribution is 2.13. The standard InChI is InChI=1S/C8H14O2/c1-2-4-9-5-3-8-6-10-7-8/h2,4,8H,3,5-7H2,1H3. The summed E-state index contributed by atoms with van der Waals surface area (Å²) in [6.45, 7) is 4.64. The van der Waals surface area contributed by atoms with Crippen LogP contribution in [-0.4, -0.2) is 19.8 Å². The summed E-state index contributed by atoms with van der Waals surface area (Å²) in [7, 11) is 0. The lowest BCUT2D eigenvalue weighted by Crippen LogP contribution is -2.28. The van der Waals surface area contributed by atoms with E-state index in [1.807, 2.05) is 13.0 Å². The topological polar surface area (TPSA) is 18.5 Å². The Balaban J connectivity index is 1.85. The van der Waals surface area contributed by atoms with Crippen molar-refractivity contribution < 1.29 is 9.47 Å². The lowest BCUT2D eigenvalue weighted by molar-refractivity contribution is -0.0421. The van der Waals surface area contributed by atoms with Crippen molar-refractivity contribution in [2.24, 2.45) is 5.92 Å². The molecule has 0 saturated carbocycles. The Morgan fingerprint density at radius 1 is 1.60 bits per heavy atom. The average Bonchev–Trinajstić information content (AvgIpc) is 1.84. The Kier molecular flexibility index (Phi) is 3.30. The minimum Gasteiger partial charge on any atom is -0.502 e. The lowest BCUT2D eigenvalue weighted by atomic mass is 10.1. The Morgan fingerprint density at radius 2 is 2.40 bits per heavy atom. The van der Waals surface area contributed by atoms with Crippen molar-refractivity contribution >= 4 is 0 Å². The van der Waals surface area contributed by atoms with Gasteiger partial charge < -0.3 is 9.47 Å². The Labute approximate surface area is 61.8 Å². The van der Waals surface area contributed by atoms with Gasteiger partial charge in [-0.1, -0.05) is 6.08 Å². The van der Waals surface area contributed by atoms with Gasteiger partial charge in [0.1, 0.15) is 0 Å². The van der Waals surface area contributed by atoms with Crippen LogP contribution in [0, 0.1) is 5.92 Å². The van der Waals surface area contributed by atoms with Gasteiger partial charge in [0, 0.05) is 5.92 Å². The van der Waals surface area contributed by atoms with Crippen molar-refractivity contribution in [3.8, 4) is 0 Å². The van der Waals surface area contributed by atoms with Gasteiger partial charge in [0.15, 0.2) is 0 Å². The summed E-state index contributed by atoms with van der Waals surface area (Å²) < 4.78 is 10.2. The smallest absolute Gasteiger partial charge is 0.0877 e. The number of hydrogen-bond donors (Lipinski definition) is 0. The van der Waals surface area contributed by atoms with Crippen molar-refractivity contribution in [3.05, 3.63) is 12.3 Å². The monoisotopic (exact) mass is 142 g/mol. The normalized spacial score (nSPS) is 19.3. The fraction of sp³-hybridized carbons (Fsp3) is 0.750. The third-order valence-electron chi connectivity index (χ3n) is 1.58. The maximum Gasteiger partial charge on any atom is 0.0877 e. The SMILES string of the molecule is CC=COCCC1COC1. The summed E-state index contributed by atoms with van der Waals surface area (Å²) in [6, 6.07) is 0. The molecule has 2 heteroatoms. The van der Waals surface area contributed by atoms with Crippen LogP contribution >= 0.6 is 0 Å². The summed E-state index contributed by atoms with van der Waals surface area (Å²) in [5, 5.41) is 0. The summed E-state index contributed by atoms with van der Waals surface area (Å²) in [4.78, 5) is 0. The van der Waals surface area contributed by atoms with E-state index in [9.17, 15) is 0 Å². The second-order valence-electron chi connectivity index (χ2n) is 2.53. The van der Waals surface area contributed by atoms with Gasteiger partial charge in [-0.2, -0.15) is 0 Å². The highest BCUT2D eigenvalue weighted by Gasteiger charge is 2.17. The summed E-state index contributed by atoms with van der Waals surface area (Å²) in [5.41, 5.74) is 0. The maximum atomic E-state index is 5.15. The minimum absolute atomic E-state index is 0.755. The highest BCUT2D eigenvalue weighted by molar-refractivity contribution is 4.68. The molecule has 0 aromatic rings. The van der Waals surface area contributed by atoms with Crippen molar-refractivity contribution in [3.63, 3.8) is 0 Å². The highest BCUT2D eigenvalue weighted by atomic mass is 16.5.